The van der Waals surface area contributed by atoms with E-state index in [4.69, 9.17) is 14.2 Å². The number of rotatable bonds is 10. The highest BCUT2D eigenvalue weighted by Gasteiger charge is 2.26. The van der Waals surface area contributed by atoms with Gasteiger partial charge in [0.25, 0.3) is 0 Å². The maximum Gasteiger partial charge on any atom is 0.0729 e. The molecule has 4 heteroatoms. The first-order valence-corrected chi connectivity index (χ1v) is 6.80. The topological polar surface area (TPSA) is 39.7 Å². The Kier molecular flexibility index (Phi) is 8.61. The second kappa shape index (κ2) is 9.83. The number of nitrogens with one attached hydrogen (secondary N) is 1. The number of hydrogen-bond donors (Lipinski definition) is 1. The molecule has 1 aliphatic carbocycles. The first-order valence-electron chi connectivity index (χ1n) is 6.80. The molecule has 4 nitrogen and oxygen atoms in total. The van der Waals surface area contributed by atoms with Crippen molar-refractivity contribution in [2.24, 2.45) is 0 Å². The van der Waals surface area contributed by atoms with Gasteiger partial charge < -0.3 is 19.5 Å². The van der Waals surface area contributed by atoms with E-state index in [0.717, 1.165) is 6.54 Å². The van der Waals surface area contributed by atoms with Gasteiger partial charge in [-0.05, 0) is 32.2 Å². The third-order valence-corrected chi connectivity index (χ3v) is 3.10. The van der Waals surface area contributed by atoms with Crippen molar-refractivity contribution in [2.75, 3.05) is 40.1 Å². The van der Waals surface area contributed by atoms with Crippen LogP contribution in [-0.2, 0) is 14.2 Å². The molecule has 1 N–H and O–H groups in total. The molecule has 0 bridgehead atoms. The van der Waals surface area contributed by atoms with Gasteiger partial charge in [-0.15, -0.1) is 0 Å². The lowest BCUT2D eigenvalue weighted by atomic mass is 10.2. The third-order valence-electron chi connectivity index (χ3n) is 3.10. The second-order valence-electron chi connectivity index (χ2n) is 4.51. The van der Waals surface area contributed by atoms with Crippen LogP contribution in [0.5, 0.6) is 0 Å². The quantitative estimate of drug-likeness (QED) is 0.593. The Hall–Kier alpha value is -0.160. The summed E-state index contributed by atoms with van der Waals surface area (Å²) in [6.45, 7) is 5.96. The fraction of sp³-hybridized carbons (Fsp3) is 1.00. The summed E-state index contributed by atoms with van der Waals surface area (Å²) in [7, 11) is 1.68. The van der Waals surface area contributed by atoms with Crippen LogP contribution < -0.4 is 5.32 Å². The molecule has 1 rings (SSSR count). The number of ether oxygens (including phenoxy) is 3. The molecular formula is C13H27NO3. The fourth-order valence-electron chi connectivity index (χ4n) is 2.19. The molecule has 0 aromatic rings. The molecular weight excluding hydrogens is 218 g/mol. The van der Waals surface area contributed by atoms with E-state index in [9.17, 15) is 0 Å². The molecule has 0 aromatic heterocycles. The maximum atomic E-state index is 5.86. The normalized spacial score (nSPS) is 24.4. The van der Waals surface area contributed by atoms with Crippen LogP contribution in [0.15, 0.2) is 0 Å². The summed E-state index contributed by atoms with van der Waals surface area (Å²) in [5.74, 6) is 0. The molecule has 1 saturated carbocycles. The van der Waals surface area contributed by atoms with Crippen LogP contribution in [0.2, 0.25) is 0 Å². The zero-order chi connectivity index (χ0) is 12.3. The van der Waals surface area contributed by atoms with Crippen molar-refractivity contribution in [3.05, 3.63) is 0 Å². The van der Waals surface area contributed by atoms with Gasteiger partial charge in [0.1, 0.15) is 0 Å². The lowest BCUT2D eigenvalue weighted by Gasteiger charge is -2.21. The van der Waals surface area contributed by atoms with Crippen molar-refractivity contribution < 1.29 is 14.2 Å². The molecule has 0 heterocycles. The van der Waals surface area contributed by atoms with Crippen molar-refractivity contribution in [3.63, 3.8) is 0 Å². The van der Waals surface area contributed by atoms with Gasteiger partial charge in [0.15, 0.2) is 0 Å². The highest BCUT2D eigenvalue weighted by Crippen LogP contribution is 2.21. The monoisotopic (exact) mass is 245 g/mol. The Morgan fingerprint density at radius 1 is 1.12 bits per heavy atom. The fourth-order valence-corrected chi connectivity index (χ4v) is 2.19. The predicted molar refractivity (Wildman–Crippen MR) is 68.4 cm³/mol. The van der Waals surface area contributed by atoms with E-state index in [0.29, 0.717) is 38.6 Å². The molecule has 1 fully saturated rings. The molecule has 2 atom stereocenters. The van der Waals surface area contributed by atoms with E-state index in [-0.39, 0.29) is 0 Å². The minimum Gasteiger partial charge on any atom is -0.382 e. The predicted octanol–water partition coefficient (Wildman–Crippen LogP) is 1.59. The van der Waals surface area contributed by atoms with E-state index in [2.05, 4.69) is 12.2 Å². The second-order valence-corrected chi connectivity index (χ2v) is 4.51. The first kappa shape index (κ1) is 14.9. The molecule has 2 unspecified atom stereocenters. The Morgan fingerprint density at radius 2 is 1.94 bits per heavy atom. The average Bonchev–Trinajstić information content (AvgIpc) is 2.78. The van der Waals surface area contributed by atoms with Gasteiger partial charge in [0.05, 0.1) is 32.5 Å². The van der Waals surface area contributed by atoms with Crippen molar-refractivity contribution in [2.45, 2.75) is 44.8 Å². The zero-order valence-corrected chi connectivity index (χ0v) is 11.2. The summed E-state index contributed by atoms with van der Waals surface area (Å²) >= 11 is 0. The summed E-state index contributed by atoms with van der Waals surface area (Å²) in [6.07, 6.45) is 5.27. The summed E-state index contributed by atoms with van der Waals surface area (Å²) in [5.41, 5.74) is 0. The molecule has 17 heavy (non-hydrogen) atoms. The van der Waals surface area contributed by atoms with E-state index >= 15 is 0 Å². The average molecular weight is 245 g/mol. The number of methoxy groups -OCH3 is 1. The lowest BCUT2D eigenvalue weighted by Crippen LogP contribution is -2.38. The molecule has 0 aromatic carbocycles. The van der Waals surface area contributed by atoms with Gasteiger partial charge in [-0.1, -0.05) is 6.92 Å². The van der Waals surface area contributed by atoms with Crippen LogP contribution in [0.3, 0.4) is 0 Å². The van der Waals surface area contributed by atoms with Crippen LogP contribution in [0.1, 0.15) is 32.6 Å². The Balaban J connectivity index is 2.00. The molecule has 1 aliphatic rings. The molecule has 0 spiro atoms. The maximum absolute atomic E-state index is 5.86. The Labute approximate surface area is 105 Å². The lowest BCUT2D eigenvalue weighted by molar-refractivity contribution is -0.0122. The highest BCUT2D eigenvalue weighted by molar-refractivity contribution is 4.83. The Bertz CT molecular complexity index is 178. The van der Waals surface area contributed by atoms with E-state index in [1.165, 1.54) is 25.7 Å². The third kappa shape index (κ3) is 6.36. The standard InChI is InChI=1S/C13H27NO3/c1-3-7-14-12-5-4-6-13(12)17-11-10-16-9-8-15-2/h12-14H,3-11H2,1-2H3. The molecule has 0 aliphatic heterocycles. The molecule has 0 radical (unpaired) electrons. The van der Waals surface area contributed by atoms with Crippen LogP contribution in [0.25, 0.3) is 0 Å². The van der Waals surface area contributed by atoms with E-state index < -0.39 is 0 Å². The van der Waals surface area contributed by atoms with Crippen LogP contribution in [0, 0.1) is 0 Å². The smallest absolute Gasteiger partial charge is 0.0729 e. The summed E-state index contributed by atoms with van der Waals surface area (Å²) < 4.78 is 16.2. The molecule has 102 valence electrons. The van der Waals surface area contributed by atoms with E-state index in [1.54, 1.807) is 7.11 Å². The van der Waals surface area contributed by atoms with Gasteiger partial charge >= 0.3 is 0 Å². The van der Waals surface area contributed by atoms with Crippen LogP contribution in [0.4, 0.5) is 0 Å². The molecule has 0 amide bonds. The summed E-state index contributed by atoms with van der Waals surface area (Å²) in [6, 6.07) is 0.550. The van der Waals surface area contributed by atoms with Gasteiger partial charge in [0.2, 0.25) is 0 Å². The van der Waals surface area contributed by atoms with E-state index in [1.807, 2.05) is 0 Å². The summed E-state index contributed by atoms with van der Waals surface area (Å²) in [4.78, 5) is 0. The van der Waals surface area contributed by atoms with Gasteiger partial charge in [-0.2, -0.15) is 0 Å². The number of hydrogen-bond acceptors (Lipinski definition) is 4. The minimum absolute atomic E-state index is 0.382. The van der Waals surface area contributed by atoms with Crippen LogP contribution in [-0.4, -0.2) is 52.2 Å². The van der Waals surface area contributed by atoms with Crippen molar-refractivity contribution >= 4 is 0 Å². The summed E-state index contributed by atoms with van der Waals surface area (Å²) in [5, 5.41) is 3.56. The van der Waals surface area contributed by atoms with Crippen molar-refractivity contribution in [3.8, 4) is 0 Å². The van der Waals surface area contributed by atoms with Crippen LogP contribution >= 0.6 is 0 Å². The van der Waals surface area contributed by atoms with Crippen molar-refractivity contribution in [1.29, 1.82) is 0 Å². The SMILES string of the molecule is CCCNC1CCCC1OCCOCCOC. The largest absolute Gasteiger partial charge is 0.382 e. The molecule has 0 saturated heterocycles. The minimum atomic E-state index is 0.382. The first-order chi connectivity index (χ1) is 8.38. The zero-order valence-electron chi connectivity index (χ0n) is 11.2. The van der Waals surface area contributed by atoms with Gasteiger partial charge in [-0.25, -0.2) is 0 Å². The highest BCUT2D eigenvalue weighted by atomic mass is 16.5. The van der Waals surface area contributed by atoms with Gasteiger partial charge in [0, 0.05) is 13.2 Å². The van der Waals surface area contributed by atoms with Crippen molar-refractivity contribution in [1.82, 2.24) is 5.32 Å². The van der Waals surface area contributed by atoms with Gasteiger partial charge in [-0.3, -0.25) is 0 Å². The Morgan fingerprint density at radius 3 is 2.71 bits per heavy atom.